The van der Waals surface area contributed by atoms with Crippen molar-refractivity contribution in [3.05, 3.63) is 29.8 Å². The minimum absolute atomic E-state index is 0.00995. The zero-order valence-corrected chi connectivity index (χ0v) is 15.6. The Morgan fingerprint density at radius 3 is 2.17 bits per heavy atom. The van der Waals surface area contributed by atoms with Gasteiger partial charge in [0.05, 0.1) is 11.9 Å². The fourth-order valence-corrected chi connectivity index (χ4v) is 3.06. The van der Waals surface area contributed by atoms with Crippen molar-refractivity contribution in [1.29, 1.82) is 0 Å². The first-order valence-corrected chi connectivity index (χ1v) is 9.74. The average molecular weight is 340 g/mol. The van der Waals surface area contributed by atoms with Gasteiger partial charge in [0.15, 0.2) is 0 Å². The summed E-state index contributed by atoms with van der Waals surface area (Å²) in [6.45, 7) is 9.72. The lowest BCUT2D eigenvalue weighted by atomic mass is 10.0. The average Bonchev–Trinajstić information content (AvgIpc) is 2.43. The Hall–Kier alpha value is -1.56. The molecule has 0 saturated heterocycles. The highest BCUT2D eigenvalue weighted by Crippen LogP contribution is 2.28. The van der Waals surface area contributed by atoms with Crippen LogP contribution in [0.2, 0.25) is 0 Å². The maximum absolute atomic E-state index is 12.3. The standard InChI is InChI=1S/C17H28N2O3S/c1-12(2)14(5)18-17(20)11-19(23(6,21)22)16-10-8-7-9-15(16)13(3)4/h7-10,12-14H,11H2,1-6H3,(H,18,20)/t14-/m0/s1. The molecule has 0 aliphatic rings. The van der Waals surface area contributed by atoms with Gasteiger partial charge >= 0.3 is 0 Å². The number of sulfonamides is 1. The monoisotopic (exact) mass is 340 g/mol. The number of nitrogens with zero attached hydrogens (tertiary/aromatic N) is 1. The van der Waals surface area contributed by atoms with E-state index >= 15 is 0 Å². The van der Waals surface area contributed by atoms with Crippen LogP contribution >= 0.6 is 0 Å². The molecule has 1 aromatic rings. The molecule has 0 spiro atoms. The summed E-state index contributed by atoms with van der Waals surface area (Å²) in [5.41, 5.74) is 1.47. The summed E-state index contributed by atoms with van der Waals surface area (Å²) >= 11 is 0. The minimum atomic E-state index is -3.55. The molecule has 1 N–H and O–H groups in total. The molecule has 0 aromatic heterocycles. The zero-order valence-electron chi connectivity index (χ0n) is 14.8. The molecule has 6 heteroatoms. The van der Waals surface area contributed by atoms with Crippen LogP contribution in [-0.4, -0.2) is 33.2 Å². The van der Waals surface area contributed by atoms with Crippen LogP contribution in [-0.2, 0) is 14.8 Å². The fraction of sp³-hybridized carbons (Fsp3) is 0.588. The molecular formula is C17H28N2O3S. The van der Waals surface area contributed by atoms with Crippen LogP contribution in [0.1, 0.15) is 46.1 Å². The van der Waals surface area contributed by atoms with Gasteiger partial charge in [-0.15, -0.1) is 0 Å². The first-order chi connectivity index (χ1) is 10.5. The molecule has 130 valence electrons. The van der Waals surface area contributed by atoms with Crippen molar-refractivity contribution in [2.24, 2.45) is 5.92 Å². The van der Waals surface area contributed by atoms with E-state index in [0.29, 0.717) is 5.69 Å². The van der Waals surface area contributed by atoms with E-state index in [4.69, 9.17) is 0 Å². The highest BCUT2D eigenvalue weighted by Gasteiger charge is 2.24. The topological polar surface area (TPSA) is 66.5 Å². The summed E-state index contributed by atoms with van der Waals surface area (Å²) in [6, 6.07) is 7.29. The van der Waals surface area contributed by atoms with E-state index in [9.17, 15) is 13.2 Å². The van der Waals surface area contributed by atoms with E-state index in [0.717, 1.165) is 11.8 Å². The Kier molecular flexibility index (Phi) is 6.62. The largest absolute Gasteiger partial charge is 0.352 e. The third kappa shape index (κ3) is 5.53. The van der Waals surface area contributed by atoms with Crippen molar-refractivity contribution in [2.75, 3.05) is 17.1 Å². The van der Waals surface area contributed by atoms with E-state index in [-0.39, 0.29) is 30.3 Å². The van der Waals surface area contributed by atoms with Crippen molar-refractivity contribution in [1.82, 2.24) is 5.32 Å². The van der Waals surface area contributed by atoms with Gasteiger partial charge in [-0.05, 0) is 30.4 Å². The summed E-state index contributed by atoms with van der Waals surface area (Å²) in [7, 11) is -3.55. The van der Waals surface area contributed by atoms with E-state index in [2.05, 4.69) is 5.32 Å². The van der Waals surface area contributed by atoms with E-state index in [1.165, 1.54) is 4.31 Å². The summed E-state index contributed by atoms with van der Waals surface area (Å²) in [5, 5.41) is 2.86. The molecule has 0 unspecified atom stereocenters. The lowest BCUT2D eigenvalue weighted by Crippen LogP contribution is -2.45. The second-order valence-corrected chi connectivity index (χ2v) is 8.49. The van der Waals surface area contributed by atoms with Crippen molar-refractivity contribution in [3.8, 4) is 0 Å². The lowest BCUT2D eigenvalue weighted by Gasteiger charge is -2.27. The molecule has 0 aliphatic carbocycles. The van der Waals surface area contributed by atoms with Gasteiger partial charge in [0, 0.05) is 6.04 Å². The van der Waals surface area contributed by atoms with Gasteiger partial charge in [0.25, 0.3) is 0 Å². The Bertz CT molecular complexity index is 639. The molecule has 1 aromatic carbocycles. The Morgan fingerprint density at radius 2 is 1.70 bits per heavy atom. The smallest absolute Gasteiger partial charge is 0.240 e. The molecule has 0 heterocycles. The number of benzene rings is 1. The normalized spacial score (nSPS) is 13.2. The van der Waals surface area contributed by atoms with E-state index in [1.54, 1.807) is 12.1 Å². The van der Waals surface area contributed by atoms with Crippen molar-refractivity contribution >= 4 is 21.6 Å². The molecular weight excluding hydrogens is 312 g/mol. The van der Waals surface area contributed by atoms with E-state index in [1.807, 2.05) is 46.8 Å². The Morgan fingerprint density at radius 1 is 1.13 bits per heavy atom. The molecule has 1 amide bonds. The molecule has 5 nitrogen and oxygen atoms in total. The zero-order chi connectivity index (χ0) is 17.8. The highest BCUT2D eigenvalue weighted by molar-refractivity contribution is 7.92. The summed E-state index contributed by atoms with van der Waals surface area (Å²) in [6.07, 6.45) is 1.13. The Labute approximate surface area is 140 Å². The molecule has 0 saturated carbocycles. The van der Waals surface area contributed by atoms with Crippen LogP contribution in [0.3, 0.4) is 0 Å². The molecule has 0 bridgehead atoms. The van der Waals surface area contributed by atoms with Gasteiger partial charge in [0.2, 0.25) is 15.9 Å². The number of hydrogen-bond donors (Lipinski definition) is 1. The van der Waals surface area contributed by atoms with Gasteiger partial charge in [-0.2, -0.15) is 0 Å². The van der Waals surface area contributed by atoms with Crippen LogP contribution in [0.5, 0.6) is 0 Å². The summed E-state index contributed by atoms with van der Waals surface area (Å²) in [5.74, 6) is 0.150. The fourth-order valence-electron chi connectivity index (χ4n) is 2.18. The van der Waals surface area contributed by atoms with E-state index < -0.39 is 10.0 Å². The van der Waals surface area contributed by atoms with Gasteiger partial charge in [-0.1, -0.05) is 45.9 Å². The molecule has 0 radical (unpaired) electrons. The first kappa shape index (κ1) is 19.5. The number of hydrogen-bond acceptors (Lipinski definition) is 3. The number of rotatable bonds is 7. The molecule has 0 fully saturated rings. The van der Waals surface area contributed by atoms with Crippen molar-refractivity contribution in [3.63, 3.8) is 0 Å². The third-order valence-corrected chi connectivity index (χ3v) is 5.03. The van der Waals surface area contributed by atoms with Crippen molar-refractivity contribution in [2.45, 2.75) is 46.6 Å². The van der Waals surface area contributed by atoms with Crippen LogP contribution in [0.25, 0.3) is 0 Å². The van der Waals surface area contributed by atoms with Crippen LogP contribution in [0.15, 0.2) is 24.3 Å². The predicted molar refractivity (Wildman–Crippen MR) is 95.2 cm³/mol. The first-order valence-electron chi connectivity index (χ1n) is 7.90. The maximum Gasteiger partial charge on any atom is 0.240 e. The number of nitrogens with one attached hydrogen (secondary N) is 1. The predicted octanol–water partition coefficient (Wildman–Crippen LogP) is 2.74. The lowest BCUT2D eigenvalue weighted by molar-refractivity contribution is -0.120. The minimum Gasteiger partial charge on any atom is -0.352 e. The quantitative estimate of drug-likeness (QED) is 0.830. The maximum atomic E-state index is 12.3. The molecule has 23 heavy (non-hydrogen) atoms. The SMILES string of the molecule is CC(C)c1ccccc1N(CC(=O)N[C@@H](C)C(C)C)S(C)(=O)=O. The van der Waals surface area contributed by atoms with Crippen LogP contribution in [0, 0.1) is 5.92 Å². The number of carbonyl (C=O) groups is 1. The second-order valence-electron chi connectivity index (χ2n) is 6.58. The molecule has 0 aliphatic heterocycles. The number of anilines is 1. The second kappa shape index (κ2) is 7.81. The molecule has 1 atom stereocenters. The van der Waals surface area contributed by atoms with Gasteiger partial charge in [-0.3, -0.25) is 9.10 Å². The van der Waals surface area contributed by atoms with Gasteiger partial charge in [-0.25, -0.2) is 8.42 Å². The van der Waals surface area contributed by atoms with Gasteiger partial charge < -0.3 is 5.32 Å². The summed E-state index contributed by atoms with van der Waals surface area (Å²) < 4.78 is 25.6. The van der Waals surface area contributed by atoms with Crippen molar-refractivity contribution < 1.29 is 13.2 Å². The van der Waals surface area contributed by atoms with Gasteiger partial charge in [0.1, 0.15) is 6.54 Å². The highest BCUT2D eigenvalue weighted by atomic mass is 32.2. The Balaban J connectivity index is 3.11. The van der Waals surface area contributed by atoms with Crippen LogP contribution < -0.4 is 9.62 Å². The third-order valence-electron chi connectivity index (χ3n) is 3.90. The number of carbonyl (C=O) groups excluding carboxylic acids is 1. The number of amides is 1. The number of para-hydroxylation sites is 1. The molecule has 1 rings (SSSR count). The summed E-state index contributed by atoms with van der Waals surface area (Å²) in [4.78, 5) is 12.3. The van der Waals surface area contributed by atoms with Crippen LogP contribution in [0.4, 0.5) is 5.69 Å².